The summed E-state index contributed by atoms with van der Waals surface area (Å²) in [6.45, 7) is 1.11. The lowest BCUT2D eigenvalue weighted by atomic mass is 10.1. The number of sulfone groups is 1. The summed E-state index contributed by atoms with van der Waals surface area (Å²) in [4.78, 5) is 14.0. The Bertz CT molecular complexity index is 879. The molecule has 0 unspecified atom stereocenters. The lowest BCUT2D eigenvalue weighted by molar-refractivity contribution is -0.286. The highest BCUT2D eigenvalue weighted by molar-refractivity contribution is 7.92. The summed E-state index contributed by atoms with van der Waals surface area (Å²) in [5.41, 5.74) is 0.508. The van der Waals surface area contributed by atoms with E-state index in [0.717, 1.165) is 0 Å². The molecule has 0 bridgehead atoms. The van der Waals surface area contributed by atoms with Gasteiger partial charge in [-0.1, -0.05) is 6.07 Å². The highest BCUT2D eigenvalue weighted by Gasteiger charge is 2.43. The van der Waals surface area contributed by atoms with E-state index in [1.807, 2.05) is 0 Å². The van der Waals surface area contributed by atoms with E-state index in [4.69, 9.17) is 4.74 Å². The van der Waals surface area contributed by atoms with Crippen LogP contribution in [0.25, 0.3) is 6.08 Å². The molecule has 0 aromatic heterocycles. The van der Waals surface area contributed by atoms with Crippen molar-refractivity contribution in [3.05, 3.63) is 29.8 Å². The Hall–Kier alpha value is -2.20. The fourth-order valence-electron chi connectivity index (χ4n) is 3.35. The van der Waals surface area contributed by atoms with E-state index in [0.29, 0.717) is 44.5 Å². The van der Waals surface area contributed by atoms with Crippen molar-refractivity contribution in [1.29, 1.82) is 0 Å². The molecule has 29 heavy (non-hydrogen) atoms. The van der Waals surface area contributed by atoms with Crippen LogP contribution in [0.3, 0.4) is 0 Å². The van der Waals surface area contributed by atoms with E-state index in [1.54, 1.807) is 4.90 Å². The summed E-state index contributed by atoms with van der Waals surface area (Å²) in [7, 11) is -1.67. The Labute approximate surface area is 168 Å². The number of piperidine rings is 1. The second-order valence-corrected chi connectivity index (χ2v) is 9.35. The number of carbonyl (C=O) groups is 1. The van der Waals surface area contributed by atoms with Gasteiger partial charge >= 0.3 is 6.29 Å². The number of ether oxygens (including phenoxy) is 3. The summed E-state index contributed by atoms with van der Waals surface area (Å²) in [5.74, 6) is -0.331. The molecular weight excluding hydrogens is 408 g/mol. The monoisotopic (exact) mass is 431 g/mol. The molecular formula is C19H23F2NO6S. The number of hydrogen-bond donors (Lipinski definition) is 0. The van der Waals surface area contributed by atoms with Crippen LogP contribution in [0.2, 0.25) is 0 Å². The molecule has 1 aromatic carbocycles. The minimum Gasteiger partial charge on any atom is -0.395 e. The Morgan fingerprint density at radius 3 is 2.66 bits per heavy atom. The summed E-state index contributed by atoms with van der Waals surface area (Å²) in [6, 6.07) is 4.24. The molecule has 0 atom stereocenters. The van der Waals surface area contributed by atoms with E-state index in [1.165, 1.54) is 37.5 Å². The molecule has 0 aliphatic carbocycles. The van der Waals surface area contributed by atoms with Gasteiger partial charge in [0.2, 0.25) is 5.91 Å². The van der Waals surface area contributed by atoms with Crippen LogP contribution in [-0.4, -0.2) is 63.3 Å². The zero-order chi connectivity index (χ0) is 21.1. The third-order valence-corrected chi connectivity index (χ3v) is 7.23. The van der Waals surface area contributed by atoms with Crippen molar-refractivity contribution in [3.8, 4) is 11.5 Å². The number of amides is 1. The minimum absolute atomic E-state index is 0.0627. The zero-order valence-corrected chi connectivity index (χ0v) is 16.8. The highest BCUT2D eigenvalue weighted by atomic mass is 32.2. The van der Waals surface area contributed by atoms with Gasteiger partial charge in [-0.05, 0) is 43.0 Å². The lowest BCUT2D eigenvalue weighted by Gasteiger charge is -2.31. The fraction of sp³-hybridized carbons (Fsp3) is 0.526. The number of fused-ring (bicyclic) bond motifs is 1. The van der Waals surface area contributed by atoms with Crippen LogP contribution >= 0.6 is 0 Å². The molecule has 0 saturated carbocycles. The summed E-state index contributed by atoms with van der Waals surface area (Å²) < 4.78 is 64.4. The topological polar surface area (TPSA) is 82.1 Å². The number of rotatable bonds is 7. The molecule has 1 aromatic rings. The summed E-state index contributed by atoms with van der Waals surface area (Å²) >= 11 is 0. The van der Waals surface area contributed by atoms with Gasteiger partial charge in [0.1, 0.15) is 0 Å². The maximum Gasteiger partial charge on any atom is 0.586 e. The number of likely N-dealkylation sites (tertiary alicyclic amines) is 1. The molecule has 1 fully saturated rings. The van der Waals surface area contributed by atoms with E-state index >= 15 is 0 Å². The number of carbonyl (C=O) groups excluding carboxylic acids is 1. The molecule has 10 heteroatoms. The number of methoxy groups -OCH3 is 1. The standard InChI is InChI=1S/C19H23F2NO6S/c1-26-11-2-12-29(24,25)15-7-9-22(10-8-15)18(23)6-4-14-3-5-16-17(13-14)28-19(20,21)27-16/h3-6,13,15H,2,7-12H2,1H3/b6-4+. The SMILES string of the molecule is COCCCS(=O)(=O)C1CCN(C(=O)/C=C/c2ccc3c(c2)OC(F)(F)O3)CC1. The van der Waals surface area contributed by atoms with Crippen LogP contribution in [-0.2, 0) is 19.4 Å². The third kappa shape index (κ3) is 5.45. The van der Waals surface area contributed by atoms with Gasteiger partial charge in [0.15, 0.2) is 21.3 Å². The predicted molar refractivity (Wildman–Crippen MR) is 102 cm³/mol. The van der Waals surface area contributed by atoms with Crippen LogP contribution in [0.4, 0.5) is 8.78 Å². The third-order valence-electron chi connectivity index (χ3n) is 4.88. The molecule has 0 radical (unpaired) electrons. The second kappa shape index (κ2) is 8.66. The molecule has 1 saturated heterocycles. The molecule has 160 valence electrons. The normalized spacial score (nSPS) is 19.1. The van der Waals surface area contributed by atoms with Crippen molar-refractivity contribution < 1.29 is 36.2 Å². The van der Waals surface area contributed by atoms with Crippen LogP contribution < -0.4 is 9.47 Å². The Morgan fingerprint density at radius 2 is 1.97 bits per heavy atom. The van der Waals surface area contributed by atoms with Gasteiger partial charge in [-0.15, -0.1) is 8.78 Å². The van der Waals surface area contributed by atoms with Crippen molar-refractivity contribution in [2.45, 2.75) is 30.8 Å². The molecule has 0 N–H and O–H groups in total. The largest absolute Gasteiger partial charge is 0.586 e. The molecule has 1 amide bonds. The number of halogens is 2. The number of benzene rings is 1. The van der Waals surface area contributed by atoms with Gasteiger partial charge in [-0.25, -0.2) is 8.42 Å². The lowest BCUT2D eigenvalue weighted by Crippen LogP contribution is -2.42. The van der Waals surface area contributed by atoms with Crippen molar-refractivity contribution in [2.75, 3.05) is 32.6 Å². The average Bonchev–Trinajstić information content (AvgIpc) is 2.99. The van der Waals surface area contributed by atoms with Gasteiger partial charge in [0.25, 0.3) is 0 Å². The van der Waals surface area contributed by atoms with Crippen molar-refractivity contribution in [2.24, 2.45) is 0 Å². The first-order valence-electron chi connectivity index (χ1n) is 9.27. The molecule has 0 spiro atoms. The summed E-state index contributed by atoms with van der Waals surface area (Å²) in [6.07, 6.45) is 0.401. The van der Waals surface area contributed by atoms with E-state index < -0.39 is 21.4 Å². The van der Waals surface area contributed by atoms with Crippen molar-refractivity contribution in [1.82, 2.24) is 4.90 Å². The van der Waals surface area contributed by atoms with E-state index in [9.17, 15) is 22.0 Å². The first-order valence-corrected chi connectivity index (χ1v) is 11.0. The van der Waals surface area contributed by atoms with E-state index in [-0.39, 0.29) is 23.2 Å². The average molecular weight is 431 g/mol. The summed E-state index contributed by atoms with van der Waals surface area (Å²) in [5, 5.41) is -0.442. The smallest absolute Gasteiger partial charge is 0.395 e. The number of nitrogens with zero attached hydrogens (tertiary/aromatic N) is 1. The molecule has 2 aliphatic heterocycles. The van der Waals surface area contributed by atoms with Crippen LogP contribution in [0.1, 0.15) is 24.8 Å². The highest BCUT2D eigenvalue weighted by Crippen LogP contribution is 2.41. The van der Waals surface area contributed by atoms with Gasteiger partial charge in [0.05, 0.1) is 11.0 Å². The second-order valence-electron chi connectivity index (χ2n) is 6.94. The fourth-order valence-corrected chi connectivity index (χ4v) is 5.13. The molecule has 2 heterocycles. The maximum absolute atomic E-state index is 13.1. The minimum atomic E-state index is -3.69. The van der Waals surface area contributed by atoms with Gasteiger partial charge in [-0.3, -0.25) is 4.79 Å². The first-order chi connectivity index (χ1) is 13.7. The maximum atomic E-state index is 13.1. The predicted octanol–water partition coefficient (Wildman–Crippen LogP) is 2.46. The molecule has 7 nitrogen and oxygen atoms in total. The zero-order valence-electron chi connectivity index (χ0n) is 16.0. The van der Waals surface area contributed by atoms with Gasteiger partial charge in [0, 0.05) is 32.9 Å². The van der Waals surface area contributed by atoms with Crippen LogP contribution in [0.15, 0.2) is 24.3 Å². The number of alkyl halides is 2. The van der Waals surface area contributed by atoms with E-state index in [2.05, 4.69) is 9.47 Å². The Balaban J connectivity index is 1.53. The Kier molecular flexibility index (Phi) is 6.42. The number of hydrogen-bond acceptors (Lipinski definition) is 6. The van der Waals surface area contributed by atoms with Gasteiger partial charge in [-0.2, -0.15) is 0 Å². The van der Waals surface area contributed by atoms with Gasteiger partial charge < -0.3 is 19.1 Å². The molecule has 2 aliphatic rings. The van der Waals surface area contributed by atoms with Crippen molar-refractivity contribution >= 4 is 21.8 Å². The Morgan fingerprint density at radius 1 is 1.28 bits per heavy atom. The van der Waals surface area contributed by atoms with Crippen molar-refractivity contribution in [3.63, 3.8) is 0 Å². The van der Waals surface area contributed by atoms with Crippen LogP contribution in [0, 0.1) is 0 Å². The van der Waals surface area contributed by atoms with Crippen LogP contribution in [0.5, 0.6) is 11.5 Å². The molecule has 3 rings (SSSR count). The quantitative estimate of drug-likeness (QED) is 0.487. The first kappa shape index (κ1) is 21.5.